The van der Waals surface area contributed by atoms with Crippen LogP contribution in [0.2, 0.25) is 0 Å². The predicted octanol–water partition coefficient (Wildman–Crippen LogP) is 0.929. The van der Waals surface area contributed by atoms with Crippen molar-refractivity contribution >= 4 is 5.91 Å². The van der Waals surface area contributed by atoms with Gasteiger partial charge in [-0.3, -0.25) is 4.79 Å². The molecule has 0 radical (unpaired) electrons. The number of carbonyl (C=O) groups excluding carboxylic acids is 1. The smallest absolute Gasteiger partial charge is 0.240 e. The number of nitrogens with one attached hydrogen (secondary N) is 1. The first kappa shape index (κ1) is 14.1. The molecule has 2 N–H and O–H groups in total. The van der Waals surface area contributed by atoms with Crippen molar-refractivity contribution in [2.75, 3.05) is 20.3 Å². The summed E-state index contributed by atoms with van der Waals surface area (Å²) in [6, 6.07) is 2.00. The maximum atomic E-state index is 11.9. The Bertz CT molecular complexity index is 454. The lowest BCUT2D eigenvalue weighted by Crippen LogP contribution is -2.31. The number of rotatable bonds is 5. The van der Waals surface area contributed by atoms with Gasteiger partial charge in [0.2, 0.25) is 5.91 Å². The number of hydrogen-bond donors (Lipinski definition) is 2. The van der Waals surface area contributed by atoms with Gasteiger partial charge in [-0.1, -0.05) is 0 Å². The largest absolute Gasteiger partial charge is 0.388 e. The van der Waals surface area contributed by atoms with Gasteiger partial charge in [0.1, 0.15) is 6.54 Å². The van der Waals surface area contributed by atoms with Crippen molar-refractivity contribution in [3.8, 4) is 0 Å². The molecule has 1 aromatic heterocycles. The Morgan fingerprint density at radius 3 is 3.16 bits per heavy atom. The summed E-state index contributed by atoms with van der Waals surface area (Å²) >= 11 is 0. The number of nitrogens with zero attached hydrogens (tertiary/aromatic N) is 1. The lowest BCUT2D eigenvalue weighted by molar-refractivity contribution is -0.121. The third-order valence-electron chi connectivity index (χ3n) is 3.63. The number of carbonyl (C=O) groups is 1. The number of ether oxygens (including phenoxy) is 1. The van der Waals surface area contributed by atoms with Gasteiger partial charge >= 0.3 is 0 Å². The Hall–Kier alpha value is -1.33. The molecule has 1 heterocycles. The van der Waals surface area contributed by atoms with E-state index in [1.165, 1.54) is 0 Å². The first-order valence-electron chi connectivity index (χ1n) is 6.76. The van der Waals surface area contributed by atoms with E-state index in [1.54, 1.807) is 7.11 Å². The molecule has 1 aliphatic rings. The van der Waals surface area contributed by atoms with Crippen molar-refractivity contribution in [1.29, 1.82) is 0 Å². The molecular formula is C14H22N2O3. The standard InChI is InChI=1S/C14H22N2O3/c1-10-8-11-12(4-3-5-13(11)17)16(10)9-14(18)15-6-7-19-2/h8,13,17H,3-7,9H2,1-2H3,(H,15,18). The molecule has 1 aromatic rings. The number of methoxy groups -OCH3 is 1. The molecule has 5 nitrogen and oxygen atoms in total. The molecule has 1 unspecified atom stereocenters. The summed E-state index contributed by atoms with van der Waals surface area (Å²) in [5, 5.41) is 12.8. The first-order valence-corrected chi connectivity index (χ1v) is 6.76. The van der Waals surface area contributed by atoms with Gasteiger partial charge < -0.3 is 19.7 Å². The molecule has 2 rings (SSSR count). The maximum Gasteiger partial charge on any atom is 0.240 e. The first-order chi connectivity index (χ1) is 9.13. The van der Waals surface area contributed by atoms with Crippen LogP contribution in [0.3, 0.4) is 0 Å². The molecule has 0 aliphatic heterocycles. The molecule has 106 valence electrons. The third kappa shape index (κ3) is 3.16. The molecule has 0 saturated heterocycles. The highest BCUT2D eigenvalue weighted by atomic mass is 16.5. The van der Waals surface area contributed by atoms with Gasteiger partial charge in [-0.05, 0) is 32.3 Å². The van der Waals surface area contributed by atoms with Crippen LogP contribution in [0.15, 0.2) is 6.07 Å². The Labute approximate surface area is 113 Å². The zero-order valence-corrected chi connectivity index (χ0v) is 11.6. The van der Waals surface area contributed by atoms with Crippen LogP contribution < -0.4 is 5.32 Å². The van der Waals surface area contributed by atoms with Crippen LogP contribution in [-0.4, -0.2) is 35.8 Å². The van der Waals surface area contributed by atoms with Crippen LogP contribution in [0, 0.1) is 6.92 Å². The van der Waals surface area contributed by atoms with Crippen LogP contribution in [0.25, 0.3) is 0 Å². The van der Waals surface area contributed by atoms with E-state index in [0.29, 0.717) is 19.7 Å². The summed E-state index contributed by atoms with van der Waals surface area (Å²) in [7, 11) is 1.61. The lowest BCUT2D eigenvalue weighted by Gasteiger charge is -2.20. The predicted molar refractivity (Wildman–Crippen MR) is 72.0 cm³/mol. The van der Waals surface area contributed by atoms with Crippen LogP contribution in [-0.2, 0) is 22.5 Å². The third-order valence-corrected chi connectivity index (χ3v) is 3.63. The minimum atomic E-state index is -0.375. The monoisotopic (exact) mass is 266 g/mol. The SMILES string of the molecule is COCCNC(=O)Cn1c(C)cc2c1CCCC2O. The van der Waals surface area contributed by atoms with Gasteiger partial charge in [0.25, 0.3) is 0 Å². The van der Waals surface area contributed by atoms with E-state index in [9.17, 15) is 9.90 Å². The fourth-order valence-electron chi connectivity index (χ4n) is 2.65. The van der Waals surface area contributed by atoms with E-state index in [2.05, 4.69) is 5.32 Å². The van der Waals surface area contributed by atoms with Crippen LogP contribution in [0.5, 0.6) is 0 Å². The Morgan fingerprint density at radius 2 is 2.42 bits per heavy atom. The Balaban J connectivity index is 2.06. The Morgan fingerprint density at radius 1 is 1.63 bits per heavy atom. The normalized spacial score (nSPS) is 18.2. The molecule has 0 saturated carbocycles. The van der Waals surface area contributed by atoms with Crippen molar-refractivity contribution in [1.82, 2.24) is 9.88 Å². The maximum absolute atomic E-state index is 11.9. The number of aliphatic hydroxyl groups excluding tert-OH is 1. The molecule has 0 fully saturated rings. The number of aromatic nitrogens is 1. The summed E-state index contributed by atoms with van der Waals surface area (Å²) < 4.78 is 6.91. The van der Waals surface area contributed by atoms with E-state index in [0.717, 1.165) is 36.2 Å². The van der Waals surface area contributed by atoms with E-state index < -0.39 is 0 Å². The highest BCUT2D eigenvalue weighted by Gasteiger charge is 2.23. The molecule has 0 spiro atoms. The molecule has 1 aliphatic carbocycles. The summed E-state index contributed by atoms with van der Waals surface area (Å²) in [5.41, 5.74) is 3.14. The van der Waals surface area contributed by atoms with Gasteiger partial charge in [0.05, 0.1) is 12.7 Å². The second kappa shape index (κ2) is 6.21. The number of aliphatic hydroxyl groups is 1. The van der Waals surface area contributed by atoms with E-state index >= 15 is 0 Å². The minimum absolute atomic E-state index is 0.0152. The van der Waals surface area contributed by atoms with Crippen molar-refractivity contribution in [3.05, 3.63) is 23.0 Å². The second-order valence-electron chi connectivity index (χ2n) is 5.02. The zero-order valence-electron chi connectivity index (χ0n) is 11.6. The average molecular weight is 266 g/mol. The lowest BCUT2D eigenvalue weighted by atomic mass is 9.95. The number of aryl methyl sites for hydroxylation is 1. The van der Waals surface area contributed by atoms with Gasteiger partial charge in [-0.15, -0.1) is 0 Å². The van der Waals surface area contributed by atoms with E-state index in [1.807, 2.05) is 17.6 Å². The van der Waals surface area contributed by atoms with E-state index in [4.69, 9.17) is 4.74 Å². The number of hydrogen-bond acceptors (Lipinski definition) is 3. The number of fused-ring (bicyclic) bond motifs is 1. The molecule has 1 amide bonds. The van der Waals surface area contributed by atoms with Crippen molar-refractivity contribution in [3.63, 3.8) is 0 Å². The Kier molecular flexibility index (Phi) is 4.61. The van der Waals surface area contributed by atoms with Crippen molar-refractivity contribution in [2.45, 2.75) is 38.8 Å². The highest BCUT2D eigenvalue weighted by Crippen LogP contribution is 2.31. The zero-order chi connectivity index (χ0) is 13.8. The van der Waals surface area contributed by atoms with Crippen molar-refractivity contribution < 1.29 is 14.6 Å². The van der Waals surface area contributed by atoms with Gasteiger partial charge in [-0.25, -0.2) is 0 Å². The molecular weight excluding hydrogens is 244 g/mol. The quantitative estimate of drug-likeness (QED) is 0.779. The molecule has 0 bridgehead atoms. The summed E-state index contributed by atoms with van der Waals surface area (Å²) in [6.07, 6.45) is 2.35. The highest BCUT2D eigenvalue weighted by molar-refractivity contribution is 5.76. The summed E-state index contributed by atoms with van der Waals surface area (Å²) in [4.78, 5) is 11.9. The second-order valence-corrected chi connectivity index (χ2v) is 5.02. The van der Waals surface area contributed by atoms with Crippen LogP contribution in [0.4, 0.5) is 0 Å². The van der Waals surface area contributed by atoms with Crippen molar-refractivity contribution in [2.24, 2.45) is 0 Å². The fourth-order valence-corrected chi connectivity index (χ4v) is 2.65. The molecule has 19 heavy (non-hydrogen) atoms. The summed E-state index contributed by atoms with van der Waals surface area (Å²) in [5.74, 6) is -0.0152. The molecule has 5 heteroatoms. The topological polar surface area (TPSA) is 63.5 Å². The number of amides is 1. The molecule has 0 aromatic carbocycles. The minimum Gasteiger partial charge on any atom is -0.388 e. The van der Waals surface area contributed by atoms with Gasteiger partial charge in [-0.2, -0.15) is 0 Å². The average Bonchev–Trinajstić information content (AvgIpc) is 2.69. The van der Waals surface area contributed by atoms with Gasteiger partial charge in [0.15, 0.2) is 0 Å². The van der Waals surface area contributed by atoms with Crippen LogP contribution in [0.1, 0.15) is 35.9 Å². The van der Waals surface area contributed by atoms with Gasteiger partial charge in [0, 0.05) is 30.6 Å². The van der Waals surface area contributed by atoms with Crippen LogP contribution >= 0.6 is 0 Å². The summed E-state index contributed by atoms with van der Waals surface area (Å²) in [6.45, 7) is 3.35. The van der Waals surface area contributed by atoms with E-state index in [-0.39, 0.29) is 12.0 Å². The molecule has 1 atom stereocenters. The fraction of sp³-hybridized carbons (Fsp3) is 0.643.